The van der Waals surface area contributed by atoms with Crippen LogP contribution in [0.5, 0.6) is 0 Å². The van der Waals surface area contributed by atoms with E-state index in [4.69, 9.17) is 5.41 Å². The van der Waals surface area contributed by atoms with Gasteiger partial charge in [0.05, 0.1) is 10.2 Å². The molecule has 3 heteroatoms. The summed E-state index contributed by atoms with van der Waals surface area (Å²) in [4.78, 5) is 0.611. The van der Waals surface area contributed by atoms with Crippen LogP contribution >= 0.6 is 11.3 Å². The zero-order valence-electron chi connectivity index (χ0n) is 8.01. The van der Waals surface area contributed by atoms with Crippen molar-refractivity contribution in [3.05, 3.63) is 28.1 Å². The molecule has 0 amide bonds. The summed E-state index contributed by atoms with van der Waals surface area (Å²) >= 11 is 1.53. The Bertz CT molecular complexity index is 519. The molecule has 13 heavy (non-hydrogen) atoms. The Labute approximate surface area is 81.0 Å². The number of nitrogens with one attached hydrogen (secondary N) is 1. The standard InChI is InChI=1S/C10H12N2S/c1-6-4-8-9(5-7(6)2)13-10(11)12(8)3/h4-5,11H,1-3H3. The second-order valence-corrected chi connectivity index (χ2v) is 4.40. The number of rotatable bonds is 0. The summed E-state index contributed by atoms with van der Waals surface area (Å²) < 4.78 is 3.13. The molecule has 0 aliphatic carbocycles. The van der Waals surface area contributed by atoms with Crippen LogP contribution in [-0.4, -0.2) is 4.57 Å². The van der Waals surface area contributed by atoms with E-state index in [0.717, 1.165) is 5.52 Å². The minimum atomic E-state index is 0.611. The smallest absolute Gasteiger partial charge is 0.182 e. The minimum absolute atomic E-state index is 0.611. The normalized spacial score (nSPS) is 11.0. The maximum atomic E-state index is 7.67. The average Bonchev–Trinajstić information content (AvgIpc) is 2.32. The molecule has 1 aromatic heterocycles. The number of aryl methyl sites for hydroxylation is 3. The summed E-state index contributed by atoms with van der Waals surface area (Å²) in [5.41, 5.74) is 3.76. The van der Waals surface area contributed by atoms with Crippen molar-refractivity contribution >= 4 is 21.6 Å². The maximum absolute atomic E-state index is 7.67. The molecule has 0 spiro atoms. The summed E-state index contributed by atoms with van der Waals surface area (Å²) in [5, 5.41) is 7.67. The molecule has 0 radical (unpaired) electrons. The first-order valence-electron chi connectivity index (χ1n) is 4.21. The van der Waals surface area contributed by atoms with Crippen LogP contribution in [0.3, 0.4) is 0 Å². The van der Waals surface area contributed by atoms with Gasteiger partial charge in [0, 0.05) is 7.05 Å². The molecule has 0 atom stereocenters. The zero-order chi connectivity index (χ0) is 9.59. The van der Waals surface area contributed by atoms with Crippen molar-refractivity contribution in [2.24, 2.45) is 7.05 Å². The van der Waals surface area contributed by atoms with Crippen LogP contribution in [0, 0.1) is 19.3 Å². The highest BCUT2D eigenvalue weighted by Gasteiger charge is 2.03. The van der Waals surface area contributed by atoms with Crippen LogP contribution in [0.2, 0.25) is 0 Å². The van der Waals surface area contributed by atoms with Gasteiger partial charge in [-0.1, -0.05) is 11.3 Å². The first kappa shape index (κ1) is 8.51. The lowest BCUT2D eigenvalue weighted by Crippen LogP contribution is -2.06. The lowest BCUT2D eigenvalue weighted by molar-refractivity contribution is 0.893. The highest BCUT2D eigenvalue weighted by molar-refractivity contribution is 7.16. The SMILES string of the molecule is Cc1cc2sc(=N)n(C)c2cc1C. The first-order chi connectivity index (χ1) is 6.09. The maximum Gasteiger partial charge on any atom is 0.182 e. The van der Waals surface area contributed by atoms with Crippen molar-refractivity contribution in [3.63, 3.8) is 0 Å². The van der Waals surface area contributed by atoms with Crippen LogP contribution in [0.4, 0.5) is 0 Å². The van der Waals surface area contributed by atoms with Gasteiger partial charge >= 0.3 is 0 Å². The summed E-state index contributed by atoms with van der Waals surface area (Å²) in [6.45, 7) is 4.22. The van der Waals surface area contributed by atoms with Gasteiger partial charge in [-0.25, -0.2) is 0 Å². The predicted octanol–water partition coefficient (Wildman–Crippen LogP) is 2.34. The van der Waals surface area contributed by atoms with E-state index < -0.39 is 0 Å². The molecule has 2 rings (SSSR count). The van der Waals surface area contributed by atoms with Crippen LogP contribution < -0.4 is 4.80 Å². The van der Waals surface area contributed by atoms with Gasteiger partial charge in [-0.3, -0.25) is 5.41 Å². The van der Waals surface area contributed by atoms with Gasteiger partial charge in [-0.05, 0) is 37.1 Å². The second-order valence-electron chi connectivity index (χ2n) is 3.37. The molecule has 2 aromatic rings. The molecule has 2 nitrogen and oxygen atoms in total. The highest BCUT2D eigenvalue weighted by atomic mass is 32.1. The van der Waals surface area contributed by atoms with E-state index in [1.54, 1.807) is 0 Å². The fourth-order valence-electron chi connectivity index (χ4n) is 1.40. The van der Waals surface area contributed by atoms with Crippen molar-refractivity contribution < 1.29 is 0 Å². The Morgan fingerprint density at radius 2 is 1.85 bits per heavy atom. The molecule has 0 fully saturated rings. The van der Waals surface area contributed by atoms with Crippen molar-refractivity contribution in [1.29, 1.82) is 5.41 Å². The van der Waals surface area contributed by atoms with Gasteiger partial charge in [0.15, 0.2) is 4.80 Å². The molecule has 0 unspecified atom stereocenters. The van der Waals surface area contributed by atoms with E-state index in [1.807, 2.05) is 11.6 Å². The van der Waals surface area contributed by atoms with E-state index in [9.17, 15) is 0 Å². The van der Waals surface area contributed by atoms with Crippen LogP contribution in [0.15, 0.2) is 12.1 Å². The third-order valence-corrected chi connectivity index (χ3v) is 3.46. The lowest BCUT2D eigenvalue weighted by atomic mass is 10.1. The van der Waals surface area contributed by atoms with Crippen molar-refractivity contribution in [2.75, 3.05) is 0 Å². The number of nitrogens with zero attached hydrogens (tertiary/aromatic N) is 1. The molecule has 0 saturated heterocycles. The van der Waals surface area contributed by atoms with Crippen molar-refractivity contribution in [2.45, 2.75) is 13.8 Å². The molecule has 1 N–H and O–H groups in total. The Hall–Kier alpha value is -1.09. The topological polar surface area (TPSA) is 28.8 Å². The molecule has 0 aliphatic rings. The van der Waals surface area contributed by atoms with E-state index in [1.165, 1.54) is 27.2 Å². The Morgan fingerprint density at radius 3 is 2.54 bits per heavy atom. The molecule has 1 heterocycles. The number of hydrogen-bond donors (Lipinski definition) is 1. The molecular formula is C10H12N2S. The van der Waals surface area contributed by atoms with Gasteiger partial charge in [0.1, 0.15) is 0 Å². The van der Waals surface area contributed by atoms with E-state index >= 15 is 0 Å². The van der Waals surface area contributed by atoms with Gasteiger partial charge in [0.25, 0.3) is 0 Å². The van der Waals surface area contributed by atoms with E-state index in [0.29, 0.717) is 4.80 Å². The lowest BCUT2D eigenvalue weighted by Gasteiger charge is -2.00. The van der Waals surface area contributed by atoms with Crippen LogP contribution in [-0.2, 0) is 7.05 Å². The van der Waals surface area contributed by atoms with E-state index in [2.05, 4.69) is 26.0 Å². The molecule has 68 valence electrons. The number of aromatic nitrogens is 1. The van der Waals surface area contributed by atoms with Crippen molar-refractivity contribution in [1.82, 2.24) is 4.57 Å². The van der Waals surface area contributed by atoms with Crippen LogP contribution in [0.1, 0.15) is 11.1 Å². The molecule has 0 bridgehead atoms. The van der Waals surface area contributed by atoms with Gasteiger partial charge in [0.2, 0.25) is 0 Å². The fraction of sp³-hybridized carbons (Fsp3) is 0.300. The molecule has 0 saturated carbocycles. The molecule has 1 aromatic carbocycles. The number of thiazole rings is 1. The van der Waals surface area contributed by atoms with E-state index in [-0.39, 0.29) is 0 Å². The Balaban J connectivity index is 2.97. The summed E-state index contributed by atoms with van der Waals surface area (Å²) in [7, 11) is 1.94. The Kier molecular flexibility index (Phi) is 1.77. The highest BCUT2D eigenvalue weighted by Crippen LogP contribution is 2.20. The summed E-state index contributed by atoms with van der Waals surface area (Å²) in [5.74, 6) is 0. The third-order valence-electron chi connectivity index (χ3n) is 2.45. The number of fused-ring (bicyclic) bond motifs is 1. The zero-order valence-corrected chi connectivity index (χ0v) is 8.83. The first-order valence-corrected chi connectivity index (χ1v) is 5.02. The van der Waals surface area contributed by atoms with Gasteiger partial charge in [-0.2, -0.15) is 0 Å². The summed E-state index contributed by atoms with van der Waals surface area (Å²) in [6.07, 6.45) is 0. The number of benzene rings is 1. The van der Waals surface area contributed by atoms with Gasteiger partial charge in [-0.15, -0.1) is 0 Å². The fourth-order valence-corrected chi connectivity index (χ4v) is 2.38. The monoisotopic (exact) mass is 192 g/mol. The summed E-state index contributed by atoms with van der Waals surface area (Å²) in [6, 6.07) is 4.31. The van der Waals surface area contributed by atoms with Crippen LogP contribution in [0.25, 0.3) is 10.2 Å². The largest absolute Gasteiger partial charge is 0.320 e. The average molecular weight is 192 g/mol. The molecule has 0 aliphatic heterocycles. The van der Waals surface area contributed by atoms with Gasteiger partial charge < -0.3 is 4.57 Å². The quantitative estimate of drug-likeness (QED) is 0.664. The van der Waals surface area contributed by atoms with Crippen molar-refractivity contribution in [3.8, 4) is 0 Å². The minimum Gasteiger partial charge on any atom is -0.320 e. The second kappa shape index (κ2) is 2.70. The molecular weight excluding hydrogens is 180 g/mol. The number of hydrogen-bond acceptors (Lipinski definition) is 2. The Morgan fingerprint density at radius 1 is 1.23 bits per heavy atom. The predicted molar refractivity (Wildman–Crippen MR) is 56.1 cm³/mol. The third kappa shape index (κ3) is 1.20.